The average Bonchev–Trinajstić information content (AvgIpc) is 2.82. The molecule has 1 fully saturated rings. The standard InChI is InChI=1S/C13H18N2O/c16-13-10-7-3-4-8-11(10)14-12(15-13)9-5-1-2-6-9/h9H,1-8H2,(H,14,15,16). The molecule has 3 heteroatoms. The lowest BCUT2D eigenvalue weighted by molar-refractivity contribution is 0.612. The number of nitrogens with one attached hydrogen (secondary N) is 1. The topological polar surface area (TPSA) is 45.8 Å². The molecule has 1 aromatic rings. The molecular weight excluding hydrogens is 200 g/mol. The second-order valence-electron chi connectivity index (χ2n) is 5.06. The Morgan fingerprint density at radius 3 is 2.62 bits per heavy atom. The van der Waals surface area contributed by atoms with Crippen LogP contribution in [0.4, 0.5) is 0 Å². The van der Waals surface area contributed by atoms with Crippen LogP contribution in [0.2, 0.25) is 0 Å². The zero-order valence-corrected chi connectivity index (χ0v) is 9.59. The summed E-state index contributed by atoms with van der Waals surface area (Å²) >= 11 is 0. The van der Waals surface area contributed by atoms with E-state index in [0.717, 1.165) is 36.3 Å². The molecule has 0 bridgehead atoms. The molecule has 1 N–H and O–H groups in total. The molecule has 0 saturated heterocycles. The lowest BCUT2D eigenvalue weighted by atomic mass is 9.96. The van der Waals surface area contributed by atoms with Crippen LogP contribution in [0.3, 0.4) is 0 Å². The number of hydrogen-bond donors (Lipinski definition) is 1. The Bertz CT molecular complexity index is 444. The molecule has 86 valence electrons. The summed E-state index contributed by atoms with van der Waals surface area (Å²) in [5.74, 6) is 1.48. The van der Waals surface area contributed by atoms with E-state index >= 15 is 0 Å². The summed E-state index contributed by atoms with van der Waals surface area (Å²) in [5, 5.41) is 0. The van der Waals surface area contributed by atoms with Gasteiger partial charge in [0.2, 0.25) is 0 Å². The molecule has 0 atom stereocenters. The predicted octanol–water partition coefficient (Wildman–Crippen LogP) is 2.31. The summed E-state index contributed by atoms with van der Waals surface area (Å²) in [7, 11) is 0. The molecule has 0 radical (unpaired) electrons. The Morgan fingerprint density at radius 2 is 1.81 bits per heavy atom. The predicted molar refractivity (Wildman–Crippen MR) is 62.7 cm³/mol. The quantitative estimate of drug-likeness (QED) is 0.786. The summed E-state index contributed by atoms with van der Waals surface area (Å²) in [6.07, 6.45) is 9.20. The molecule has 3 rings (SSSR count). The van der Waals surface area contributed by atoms with Crippen molar-refractivity contribution < 1.29 is 0 Å². The summed E-state index contributed by atoms with van der Waals surface area (Å²) < 4.78 is 0. The van der Waals surface area contributed by atoms with E-state index in [0.29, 0.717) is 5.92 Å². The lowest BCUT2D eigenvalue weighted by Gasteiger charge is -2.16. The summed E-state index contributed by atoms with van der Waals surface area (Å²) in [6, 6.07) is 0. The fraction of sp³-hybridized carbons (Fsp3) is 0.692. The zero-order chi connectivity index (χ0) is 11.0. The van der Waals surface area contributed by atoms with Gasteiger partial charge < -0.3 is 4.98 Å². The third-order valence-electron chi connectivity index (χ3n) is 3.95. The van der Waals surface area contributed by atoms with Crippen molar-refractivity contribution in [2.45, 2.75) is 57.3 Å². The highest BCUT2D eigenvalue weighted by atomic mass is 16.1. The van der Waals surface area contributed by atoms with E-state index in [1.54, 1.807) is 0 Å². The molecule has 2 aliphatic rings. The van der Waals surface area contributed by atoms with Crippen LogP contribution in [0.25, 0.3) is 0 Å². The molecule has 0 spiro atoms. The van der Waals surface area contributed by atoms with Crippen LogP contribution in [0.5, 0.6) is 0 Å². The highest BCUT2D eigenvalue weighted by Crippen LogP contribution is 2.32. The number of H-pyrrole nitrogens is 1. The van der Waals surface area contributed by atoms with Gasteiger partial charge in [-0.15, -0.1) is 0 Å². The summed E-state index contributed by atoms with van der Waals surface area (Å²) in [4.78, 5) is 19.7. The molecule has 0 unspecified atom stereocenters. The van der Waals surface area contributed by atoms with Crippen LogP contribution in [-0.4, -0.2) is 9.97 Å². The maximum atomic E-state index is 11.9. The molecule has 16 heavy (non-hydrogen) atoms. The number of hydrogen-bond acceptors (Lipinski definition) is 2. The molecular formula is C13H18N2O. The fourth-order valence-electron chi connectivity index (χ4n) is 3.02. The number of aromatic nitrogens is 2. The molecule has 2 aliphatic carbocycles. The highest BCUT2D eigenvalue weighted by Gasteiger charge is 2.22. The highest BCUT2D eigenvalue weighted by molar-refractivity contribution is 5.21. The fourth-order valence-corrected chi connectivity index (χ4v) is 3.02. The van der Waals surface area contributed by atoms with Crippen molar-refractivity contribution in [3.63, 3.8) is 0 Å². The molecule has 3 nitrogen and oxygen atoms in total. The molecule has 0 aliphatic heterocycles. The minimum Gasteiger partial charge on any atom is -0.310 e. The first-order valence-corrected chi connectivity index (χ1v) is 6.46. The van der Waals surface area contributed by atoms with E-state index in [-0.39, 0.29) is 5.56 Å². The Balaban J connectivity index is 2.01. The molecule has 1 heterocycles. The third-order valence-corrected chi connectivity index (χ3v) is 3.95. The van der Waals surface area contributed by atoms with Gasteiger partial charge in [-0.05, 0) is 38.5 Å². The first-order chi connectivity index (χ1) is 7.84. The number of rotatable bonds is 1. The molecule has 1 aromatic heterocycles. The Hall–Kier alpha value is -1.12. The average molecular weight is 218 g/mol. The van der Waals surface area contributed by atoms with Crippen molar-refractivity contribution in [1.82, 2.24) is 9.97 Å². The number of fused-ring (bicyclic) bond motifs is 1. The zero-order valence-electron chi connectivity index (χ0n) is 9.59. The minimum absolute atomic E-state index is 0.131. The van der Waals surface area contributed by atoms with E-state index in [9.17, 15) is 4.79 Å². The smallest absolute Gasteiger partial charge is 0.254 e. The Kier molecular flexibility index (Phi) is 2.54. The van der Waals surface area contributed by atoms with E-state index in [4.69, 9.17) is 4.98 Å². The van der Waals surface area contributed by atoms with Gasteiger partial charge in [0.05, 0.1) is 5.69 Å². The Labute approximate surface area is 95.3 Å². The largest absolute Gasteiger partial charge is 0.310 e. The summed E-state index contributed by atoms with van der Waals surface area (Å²) in [6.45, 7) is 0. The molecule has 1 saturated carbocycles. The van der Waals surface area contributed by atoms with Gasteiger partial charge in [0.25, 0.3) is 5.56 Å². The minimum atomic E-state index is 0.131. The Morgan fingerprint density at radius 1 is 1.06 bits per heavy atom. The number of aryl methyl sites for hydroxylation is 1. The van der Waals surface area contributed by atoms with Gasteiger partial charge in [-0.1, -0.05) is 12.8 Å². The van der Waals surface area contributed by atoms with Crippen molar-refractivity contribution in [3.8, 4) is 0 Å². The van der Waals surface area contributed by atoms with Crippen molar-refractivity contribution >= 4 is 0 Å². The molecule has 0 amide bonds. The lowest BCUT2D eigenvalue weighted by Crippen LogP contribution is -2.23. The van der Waals surface area contributed by atoms with Crippen LogP contribution in [0.1, 0.15) is 61.5 Å². The molecule has 0 aromatic carbocycles. The first-order valence-electron chi connectivity index (χ1n) is 6.46. The van der Waals surface area contributed by atoms with E-state index in [1.807, 2.05) is 0 Å². The van der Waals surface area contributed by atoms with E-state index < -0.39 is 0 Å². The van der Waals surface area contributed by atoms with Gasteiger partial charge in [0.1, 0.15) is 5.82 Å². The van der Waals surface area contributed by atoms with Gasteiger partial charge in [0.15, 0.2) is 0 Å². The SMILES string of the molecule is O=c1[nH]c(C2CCCC2)nc2c1CCCC2. The van der Waals surface area contributed by atoms with Crippen molar-refractivity contribution in [2.24, 2.45) is 0 Å². The normalized spacial score (nSPS) is 21.0. The van der Waals surface area contributed by atoms with Gasteiger partial charge in [-0.25, -0.2) is 4.98 Å². The van der Waals surface area contributed by atoms with Crippen molar-refractivity contribution in [3.05, 3.63) is 27.4 Å². The monoisotopic (exact) mass is 218 g/mol. The maximum Gasteiger partial charge on any atom is 0.254 e. The van der Waals surface area contributed by atoms with Crippen LogP contribution < -0.4 is 5.56 Å². The van der Waals surface area contributed by atoms with Gasteiger partial charge in [-0.3, -0.25) is 4.79 Å². The first kappa shape index (κ1) is 10.1. The van der Waals surface area contributed by atoms with Crippen molar-refractivity contribution in [1.29, 1.82) is 0 Å². The second-order valence-corrected chi connectivity index (χ2v) is 5.06. The van der Waals surface area contributed by atoms with E-state index in [1.165, 1.54) is 32.1 Å². The van der Waals surface area contributed by atoms with Gasteiger partial charge >= 0.3 is 0 Å². The third kappa shape index (κ3) is 1.68. The maximum absolute atomic E-state index is 11.9. The van der Waals surface area contributed by atoms with Crippen LogP contribution >= 0.6 is 0 Å². The van der Waals surface area contributed by atoms with Crippen molar-refractivity contribution in [2.75, 3.05) is 0 Å². The van der Waals surface area contributed by atoms with E-state index in [2.05, 4.69) is 4.98 Å². The second kappa shape index (κ2) is 4.04. The summed E-state index contributed by atoms with van der Waals surface area (Å²) in [5.41, 5.74) is 2.16. The van der Waals surface area contributed by atoms with Crippen LogP contribution in [-0.2, 0) is 12.8 Å². The van der Waals surface area contributed by atoms with Gasteiger partial charge in [0, 0.05) is 11.5 Å². The van der Waals surface area contributed by atoms with Gasteiger partial charge in [-0.2, -0.15) is 0 Å². The number of aromatic amines is 1. The van der Waals surface area contributed by atoms with Crippen LogP contribution in [0.15, 0.2) is 4.79 Å². The number of nitrogens with zero attached hydrogens (tertiary/aromatic N) is 1. The van der Waals surface area contributed by atoms with Crippen LogP contribution in [0, 0.1) is 0 Å².